The number of amides is 1. The zero-order valence-corrected chi connectivity index (χ0v) is 11.0. The molecular weight excluding hydrogens is 254 g/mol. The van der Waals surface area contributed by atoms with Crippen molar-refractivity contribution in [2.24, 2.45) is 5.41 Å². The minimum atomic E-state index is -2.74. The molecule has 0 aromatic heterocycles. The van der Waals surface area contributed by atoms with Crippen LogP contribution in [-0.4, -0.2) is 55.6 Å². The van der Waals surface area contributed by atoms with Crippen LogP contribution in [0.5, 0.6) is 0 Å². The van der Waals surface area contributed by atoms with Crippen LogP contribution >= 0.6 is 0 Å². The molecule has 1 atom stereocenters. The predicted octanol–water partition coefficient (Wildman–Crippen LogP) is 1.01. The maximum atomic E-state index is 13.1. The number of rotatable bonds is 1. The van der Waals surface area contributed by atoms with E-state index in [2.05, 4.69) is 5.32 Å². The molecule has 3 aliphatic heterocycles. The van der Waals surface area contributed by atoms with Gasteiger partial charge in [0.05, 0.1) is 12.6 Å². The smallest absolute Gasteiger partial charge is 0.262 e. The van der Waals surface area contributed by atoms with Crippen LogP contribution in [0.3, 0.4) is 0 Å². The number of alkyl halides is 2. The summed E-state index contributed by atoms with van der Waals surface area (Å²) in [5.41, 5.74) is 0.176. The second-order valence-corrected chi connectivity index (χ2v) is 6.12. The summed E-state index contributed by atoms with van der Waals surface area (Å²) in [5.74, 6) is -2.89. The summed E-state index contributed by atoms with van der Waals surface area (Å²) in [6, 6.07) is -0.704. The zero-order valence-electron chi connectivity index (χ0n) is 11.0. The minimum absolute atomic E-state index is 0.152. The molecule has 3 heterocycles. The van der Waals surface area contributed by atoms with Crippen LogP contribution in [0.1, 0.15) is 25.7 Å². The Morgan fingerprint density at radius 3 is 2.63 bits per heavy atom. The fourth-order valence-electron chi connectivity index (χ4n) is 3.45. The Balaban J connectivity index is 1.60. The van der Waals surface area contributed by atoms with Crippen molar-refractivity contribution in [2.45, 2.75) is 37.6 Å². The third-order valence-electron chi connectivity index (χ3n) is 4.71. The van der Waals surface area contributed by atoms with E-state index in [1.807, 2.05) is 0 Å². The lowest BCUT2D eigenvalue weighted by Gasteiger charge is -2.33. The largest absolute Gasteiger partial charge is 0.381 e. The van der Waals surface area contributed by atoms with Gasteiger partial charge < -0.3 is 9.64 Å². The summed E-state index contributed by atoms with van der Waals surface area (Å²) in [5, 5.41) is 2.65. The molecule has 1 N–H and O–H groups in total. The van der Waals surface area contributed by atoms with Crippen LogP contribution in [0.15, 0.2) is 0 Å². The summed E-state index contributed by atoms with van der Waals surface area (Å²) in [4.78, 5) is 14.0. The number of carbonyl (C=O) groups is 1. The topological polar surface area (TPSA) is 41.6 Å². The normalized spacial score (nSPS) is 32.9. The maximum Gasteiger partial charge on any atom is 0.262 e. The number of likely N-dealkylation sites (tertiary alicyclic amines) is 1. The van der Waals surface area contributed by atoms with Gasteiger partial charge in [-0.1, -0.05) is 0 Å². The highest BCUT2D eigenvalue weighted by Gasteiger charge is 2.47. The van der Waals surface area contributed by atoms with Crippen molar-refractivity contribution in [3.8, 4) is 0 Å². The molecule has 1 amide bonds. The summed E-state index contributed by atoms with van der Waals surface area (Å²) < 4.78 is 31.6. The number of hydrogen-bond donors (Lipinski definition) is 1. The second kappa shape index (κ2) is 4.66. The summed E-state index contributed by atoms with van der Waals surface area (Å²) in [6.45, 7) is 2.53. The van der Waals surface area contributed by atoms with Gasteiger partial charge in [0.25, 0.3) is 5.92 Å². The van der Waals surface area contributed by atoms with Crippen LogP contribution in [0.4, 0.5) is 8.78 Å². The molecule has 3 rings (SSSR count). The Morgan fingerprint density at radius 2 is 2.00 bits per heavy atom. The van der Waals surface area contributed by atoms with Crippen molar-refractivity contribution >= 4 is 5.91 Å². The fourth-order valence-corrected chi connectivity index (χ4v) is 3.45. The first-order valence-corrected chi connectivity index (χ1v) is 6.98. The molecular formula is C13H20F2N2O2. The predicted molar refractivity (Wildman–Crippen MR) is 65.0 cm³/mol. The van der Waals surface area contributed by atoms with Gasteiger partial charge in [-0.3, -0.25) is 10.1 Å². The fraction of sp³-hybridized carbons (Fsp3) is 0.923. The van der Waals surface area contributed by atoms with Gasteiger partial charge in [-0.05, 0) is 24.7 Å². The van der Waals surface area contributed by atoms with Crippen LogP contribution in [0.2, 0.25) is 0 Å². The number of carbonyl (C=O) groups excluding carboxylic acids is 1. The van der Waals surface area contributed by atoms with Gasteiger partial charge in [-0.2, -0.15) is 0 Å². The standard InChI is InChI=1S/C13H20F2N2O2/c14-13(15)7-10(16-8-13)11(18)17-4-1-12(9-17)2-5-19-6-3-12/h10,16H,1-9H2. The lowest BCUT2D eigenvalue weighted by molar-refractivity contribution is -0.133. The molecule has 3 fully saturated rings. The van der Waals surface area contributed by atoms with Gasteiger partial charge in [-0.15, -0.1) is 0 Å². The van der Waals surface area contributed by atoms with Crippen LogP contribution in [-0.2, 0) is 9.53 Å². The van der Waals surface area contributed by atoms with E-state index >= 15 is 0 Å². The number of nitrogens with zero attached hydrogens (tertiary/aromatic N) is 1. The van der Waals surface area contributed by atoms with Crippen molar-refractivity contribution in [3.05, 3.63) is 0 Å². The van der Waals surface area contributed by atoms with E-state index < -0.39 is 12.0 Å². The van der Waals surface area contributed by atoms with Gasteiger partial charge in [0.1, 0.15) is 0 Å². The van der Waals surface area contributed by atoms with Crippen LogP contribution < -0.4 is 5.32 Å². The Bertz CT molecular complexity index is 370. The Morgan fingerprint density at radius 1 is 1.26 bits per heavy atom. The molecule has 4 nitrogen and oxygen atoms in total. The van der Waals surface area contributed by atoms with Crippen molar-refractivity contribution in [1.29, 1.82) is 0 Å². The average molecular weight is 274 g/mol. The van der Waals surface area contributed by atoms with E-state index in [-0.39, 0.29) is 24.3 Å². The molecule has 0 aliphatic carbocycles. The molecule has 0 saturated carbocycles. The summed E-state index contributed by atoms with van der Waals surface area (Å²) in [6.07, 6.45) is 2.57. The van der Waals surface area contributed by atoms with E-state index in [1.54, 1.807) is 4.90 Å². The van der Waals surface area contributed by atoms with Crippen molar-refractivity contribution in [3.63, 3.8) is 0 Å². The molecule has 1 unspecified atom stereocenters. The van der Waals surface area contributed by atoms with Crippen molar-refractivity contribution < 1.29 is 18.3 Å². The molecule has 0 aromatic carbocycles. The molecule has 1 spiro atoms. The molecule has 108 valence electrons. The van der Waals surface area contributed by atoms with Gasteiger partial charge in [-0.25, -0.2) is 8.78 Å². The third kappa shape index (κ3) is 2.60. The lowest BCUT2D eigenvalue weighted by Crippen LogP contribution is -2.44. The molecule has 0 radical (unpaired) electrons. The Kier molecular flexibility index (Phi) is 3.25. The quantitative estimate of drug-likeness (QED) is 0.776. The van der Waals surface area contributed by atoms with E-state index in [0.717, 1.165) is 32.5 Å². The molecule has 19 heavy (non-hydrogen) atoms. The third-order valence-corrected chi connectivity index (χ3v) is 4.71. The molecule has 3 aliphatic rings. The van der Waals surface area contributed by atoms with E-state index in [4.69, 9.17) is 4.74 Å². The lowest BCUT2D eigenvalue weighted by atomic mass is 9.80. The van der Waals surface area contributed by atoms with Crippen molar-refractivity contribution in [2.75, 3.05) is 32.8 Å². The molecule has 6 heteroatoms. The van der Waals surface area contributed by atoms with Crippen molar-refractivity contribution in [1.82, 2.24) is 10.2 Å². The first-order valence-electron chi connectivity index (χ1n) is 6.98. The summed E-state index contributed by atoms with van der Waals surface area (Å²) >= 11 is 0. The average Bonchev–Trinajstić information content (AvgIpc) is 2.94. The van der Waals surface area contributed by atoms with Crippen LogP contribution in [0.25, 0.3) is 0 Å². The Labute approximate surface area is 111 Å². The highest BCUT2D eigenvalue weighted by molar-refractivity contribution is 5.82. The van der Waals surface area contributed by atoms with Gasteiger partial charge in [0.15, 0.2) is 0 Å². The maximum absolute atomic E-state index is 13.1. The number of nitrogens with one attached hydrogen (secondary N) is 1. The SMILES string of the molecule is O=C(C1CC(F)(F)CN1)N1CCC2(CCOCC2)C1. The number of hydrogen-bond acceptors (Lipinski definition) is 3. The van der Waals surface area contributed by atoms with Gasteiger partial charge in [0, 0.05) is 32.7 Å². The van der Waals surface area contributed by atoms with E-state index in [1.165, 1.54) is 0 Å². The molecule has 0 bridgehead atoms. The van der Waals surface area contributed by atoms with Crippen LogP contribution in [0, 0.1) is 5.41 Å². The monoisotopic (exact) mass is 274 g/mol. The van der Waals surface area contributed by atoms with Gasteiger partial charge in [0.2, 0.25) is 5.91 Å². The zero-order chi connectivity index (χ0) is 13.5. The van der Waals surface area contributed by atoms with Gasteiger partial charge >= 0.3 is 0 Å². The highest BCUT2D eigenvalue weighted by atomic mass is 19.3. The second-order valence-electron chi connectivity index (χ2n) is 6.12. The first kappa shape index (κ1) is 13.2. The van der Waals surface area contributed by atoms with E-state index in [0.29, 0.717) is 13.1 Å². The number of halogens is 2. The minimum Gasteiger partial charge on any atom is -0.381 e. The number of ether oxygens (including phenoxy) is 1. The highest BCUT2D eigenvalue weighted by Crippen LogP contribution is 2.40. The molecule has 3 saturated heterocycles. The van der Waals surface area contributed by atoms with E-state index in [9.17, 15) is 13.6 Å². The molecule has 0 aromatic rings. The first-order chi connectivity index (χ1) is 9.00. The summed E-state index contributed by atoms with van der Waals surface area (Å²) in [7, 11) is 0. The Hall–Kier alpha value is -0.750.